The van der Waals surface area contributed by atoms with Crippen LogP contribution in [0.3, 0.4) is 0 Å². The van der Waals surface area contributed by atoms with E-state index in [9.17, 15) is 4.39 Å². The van der Waals surface area contributed by atoms with Crippen LogP contribution in [0.5, 0.6) is 11.8 Å². The van der Waals surface area contributed by atoms with Gasteiger partial charge < -0.3 is 10.1 Å². The maximum absolute atomic E-state index is 13.4. The molecule has 0 unspecified atom stereocenters. The van der Waals surface area contributed by atoms with Crippen LogP contribution in [0.15, 0.2) is 18.2 Å². The van der Waals surface area contributed by atoms with Gasteiger partial charge in [-0.15, -0.1) is 0 Å². The molecule has 0 radical (unpaired) electrons. The van der Waals surface area contributed by atoms with Crippen molar-refractivity contribution in [3.8, 4) is 17.8 Å². The highest BCUT2D eigenvalue weighted by atomic mass is 35.5. The number of nitrogens with zero attached hydrogens (tertiary/aromatic N) is 4. The van der Waals surface area contributed by atoms with Crippen LogP contribution in [0.25, 0.3) is 0 Å². The number of benzene rings is 1. The van der Waals surface area contributed by atoms with Crippen LogP contribution in [0.2, 0.25) is 5.28 Å². The number of nitrogens with one attached hydrogen (secondary N) is 1. The van der Waals surface area contributed by atoms with E-state index < -0.39 is 5.82 Å². The largest absolute Gasteiger partial charge is 0.424 e. The molecule has 0 saturated heterocycles. The van der Waals surface area contributed by atoms with Crippen LogP contribution in [0.1, 0.15) is 5.56 Å². The SMILES string of the molecule is CNc1nc(Cl)nc(Oc2ccc(C#N)c(F)c2)n1. The highest BCUT2D eigenvalue weighted by Crippen LogP contribution is 2.22. The number of anilines is 1. The summed E-state index contributed by atoms with van der Waals surface area (Å²) >= 11 is 5.67. The van der Waals surface area contributed by atoms with Crippen LogP contribution in [0, 0.1) is 17.1 Å². The van der Waals surface area contributed by atoms with E-state index in [-0.39, 0.29) is 28.6 Å². The molecular weight excluding hydrogens is 273 g/mol. The third-order valence-corrected chi connectivity index (χ3v) is 2.25. The minimum absolute atomic E-state index is 0.0523. The van der Waals surface area contributed by atoms with Gasteiger partial charge in [-0.2, -0.15) is 20.2 Å². The molecule has 0 aliphatic carbocycles. The average Bonchev–Trinajstić information content (AvgIpc) is 2.38. The van der Waals surface area contributed by atoms with Crippen LogP contribution in [-0.4, -0.2) is 22.0 Å². The molecule has 1 heterocycles. The van der Waals surface area contributed by atoms with E-state index in [1.165, 1.54) is 12.1 Å². The van der Waals surface area contributed by atoms with Gasteiger partial charge in [0.25, 0.3) is 0 Å². The first kappa shape index (κ1) is 13.0. The number of halogens is 2. The molecule has 19 heavy (non-hydrogen) atoms. The van der Waals surface area contributed by atoms with E-state index in [1.807, 2.05) is 0 Å². The lowest BCUT2D eigenvalue weighted by Crippen LogP contribution is -2.01. The van der Waals surface area contributed by atoms with Gasteiger partial charge in [0, 0.05) is 13.1 Å². The third-order valence-electron chi connectivity index (χ3n) is 2.08. The van der Waals surface area contributed by atoms with Crippen molar-refractivity contribution in [2.24, 2.45) is 0 Å². The molecule has 0 aliphatic rings. The molecular formula is C11H7ClFN5O. The van der Waals surface area contributed by atoms with E-state index in [0.29, 0.717) is 0 Å². The molecule has 0 amide bonds. The molecule has 1 aromatic carbocycles. The lowest BCUT2D eigenvalue weighted by atomic mass is 10.2. The lowest BCUT2D eigenvalue weighted by molar-refractivity contribution is 0.436. The Morgan fingerprint density at radius 2 is 2.16 bits per heavy atom. The number of ether oxygens (including phenoxy) is 1. The maximum Gasteiger partial charge on any atom is 0.328 e. The Morgan fingerprint density at radius 3 is 2.79 bits per heavy atom. The van der Waals surface area contributed by atoms with Crippen molar-refractivity contribution in [2.45, 2.75) is 0 Å². The smallest absolute Gasteiger partial charge is 0.328 e. The molecule has 0 saturated carbocycles. The number of hydrogen-bond donors (Lipinski definition) is 1. The van der Waals surface area contributed by atoms with Gasteiger partial charge in [0.1, 0.15) is 17.6 Å². The van der Waals surface area contributed by atoms with Gasteiger partial charge in [-0.25, -0.2) is 4.39 Å². The molecule has 1 N–H and O–H groups in total. The normalized spacial score (nSPS) is 9.79. The Kier molecular flexibility index (Phi) is 3.73. The quantitative estimate of drug-likeness (QED) is 0.928. The predicted octanol–water partition coefficient (Wildman–Crippen LogP) is 2.37. The first-order valence-corrected chi connectivity index (χ1v) is 5.47. The minimum atomic E-state index is -0.686. The minimum Gasteiger partial charge on any atom is -0.424 e. The van der Waals surface area contributed by atoms with Crippen molar-refractivity contribution in [2.75, 3.05) is 12.4 Å². The zero-order valence-corrected chi connectivity index (χ0v) is 10.4. The first-order valence-electron chi connectivity index (χ1n) is 5.09. The second kappa shape index (κ2) is 5.46. The standard InChI is InChI=1S/C11H7ClFN5O/c1-15-10-16-9(12)17-11(18-10)19-7-3-2-6(5-14)8(13)4-7/h2-4H,1H3,(H,15,16,17,18). The van der Waals surface area contributed by atoms with E-state index in [0.717, 1.165) is 6.07 Å². The number of rotatable bonds is 3. The fraction of sp³-hybridized carbons (Fsp3) is 0.0909. The van der Waals surface area contributed by atoms with Gasteiger partial charge in [-0.05, 0) is 23.7 Å². The summed E-state index contributed by atoms with van der Waals surface area (Å²) in [6.45, 7) is 0. The van der Waals surface area contributed by atoms with Gasteiger partial charge in [-0.3, -0.25) is 0 Å². The Morgan fingerprint density at radius 1 is 1.37 bits per heavy atom. The Bertz CT molecular complexity index is 658. The van der Waals surface area contributed by atoms with Crippen molar-refractivity contribution in [3.05, 3.63) is 34.9 Å². The van der Waals surface area contributed by atoms with Crippen molar-refractivity contribution in [1.29, 1.82) is 5.26 Å². The molecule has 2 aromatic rings. The molecule has 0 spiro atoms. The van der Waals surface area contributed by atoms with Crippen molar-refractivity contribution >= 4 is 17.5 Å². The molecule has 6 nitrogen and oxygen atoms in total. The van der Waals surface area contributed by atoms with E-state index >= 15 is 0 Å². The number of nitriles is 1. The number of hydrogen-bond acceptors (Lipinski definition) is 6. The summed E-state index contributed by atoms with van der Waals surface area (Å²) in [5, 5.41) is 11.2. The van der Waals surface area contributed by atoms with Crippen molar-refractivity contribution in [1.82, 2.24) is 15.0 Å². The Hall–Kier alpha value is -2.46. The zero-order chi connectivity index (χ0) is 13.8. The molecule has 8 heteroatoms. The van der Waals surface area contributed by atoms with Crippen LogP contribution >= 0.6 is 11.6 Å². The first-order chi connectivity index (χ1) is 9.12. The summed E-state index contributed by atoms with van der Waals surface area (Å²) in [5.41, 5.74) is -0.0723. The molecule has 0 bridgehead atoms. The van der Waals surface area contributed by atoms with Crippen LogP contribution < -0.4 is 10.1 Å². The van der Waals surface area contributed by atoms with Gasteiger partial charge >= 0.3 is 6.01 Å². The predicted molar refractivity (Wildman–Crippen MR) is 65.6 cm³/mol. The van der Waals surface area contributed by atoms with E-state index in [2.05, 4.69) is 20.3 Å². The van der Waals surface area contributed by atoms with Gasteiger partial charge in [0.05, 0.1) is 5.56 Å². The molecule has 96 valence electrons. The summed E-state index contributed by atoms with van der Waals surface area (Å²) in [6, 6.07) is 5.43. The van der Waals surface area contributed by atoms with Crippen molar-refractivity contribution < 1.29 is 9.13 Å². The topological polar surface area (TPSA) is 83.7 Å². The van der Waals surface area contributed by atoms with Gasteiger partial charge in [-0.1, -0.05) is 0 Å². The highest BCUT2D eigenvalue weighted by Gasteiger charge is 2.08. The van der Waals surface area contributed by atoms with Crippen LogP contribution in [-0.2, 0) is 0 Å². The number of aromatic nitrogens is 3. The zero-order valence-electron chi connectivity index (χ0n) is 9.69. The fourth-order valence-corrected chi connectivity index (χ4v) is 1.40. The van der Waals surface area contributed by atoms with Crippen LogP contribution in [0.4, 0.5) is 10.3 Å². The van der Waals surface area contributed by atoms with Gasteiger partial charge in [0.15, 0.2) is 0 Å². The Balaban J connectivity index is 2.28. The maximum atomic E-state index is 13.4. The second-order valence-electron chi connectivity index (χ2n) is 3.32. The molecule has 2 rings (SSSR count). The highest BCUT2D eigenvalue weighted by molar-refractivity contribution is 6.28. The molecule has 0 atom stereocenters. The lowest BCUT2D eigenvalue weighted by Gasteiger charge is -2.05. The summed E-state index contributed by atoms with van der Waals surface area (Å²) < 4.78 is 18.6. The Labute approximate surface area is 112 Å². The summed E-state index contributed by atoms with van der Waals surface area (Å²) in [7, 11) is 1.61. The average molecular weight is 280 g/mol. The summed E-state index contributed by atoms with van der Waals surface area (Å²) in [5.74, 6) is -0.307. The monoisotopic (exact) mass is 279 g/mol. The molecule has 1 aromatic heterocycles. The second-order valence-corrected chi connectivity index (χ2v) is 3.65. The summed E-state index contributed by atoms with van der Waals surface area (Å²) in [4.78, 5) is 11.4. The molecule has 0 aliphatic heterocycles. The van der Waals surface area contributed by atoms with E-state index in [1.54, 1.807) is 13.1 Å². The van der Waals surface area contributed by atoms with Gasteiger partial charge in [0.2, 0.25) is 11.2 Å². The fourth-order valence-electron chi connectivity index (χ4n) is 1.24. The van der Waals surface area contributed by atoms with E-state index in [4.69, 9.17) is 21.6 Å². The summed E-state index contributed by atoms with van der Waals surface area (Å²) in [6.07, 6.45) is 0. The van der Waals surface area contributed by atoms with Crippen molar-refractivity contribution in [3.63, 3.8) is 0 Å². The molecule has 0 fully saturated rings. The third kappa shape index (κ3) is 3.05.